The molecule has 0 aliphatic carbocycles. The van der Waals surface area contributed by atoms with Gasteiger partial charge in [0.25, 0.3) is 0 Å². The molecule has 0 radical (unpaired) electrons. The molecule has 2 aromatic rings. The highest BCUT2D eigenvalue weighted by molar-refractivity contribution is 5.75. The smallest absolute Gasteiger partial charge is 0.302 e. The number of hydrogen-bond donors (Lipinski definition) is 0. The van der Waals surface area contributed by atoms with E-state index in [-0.39, 0.29) is 24.4 Å². The van der Waals surface area contributed by atoms with Crippen LogP contribution in [-0.2, 0) is 16.1 Å². The molecule has 1 atom stereocenters. The lowest BCUT2D eigenvalue weighted by Crippen LogP contribution is -2.05. The lowest BCUT2D eigenvalue weighted by Gasteiger charge is -2.16. The summed E-state index contributed by atoms with van der Waals surface area (Å²) in [5, 5.41) is 0. The molecule has 0 spiro atoms. The minimum absolute atomic E-state index is 0.0536. The zero-order valence-corrected chi connectivity index (χ0v) is 13.3. The number of aromatic nitrogens is 2. The van der Waals surface area contributed by atoms with E-state index in [1.165, 1.54) is 24.7 Å². The maximum Gasteiger partial charge on any atom is 0.302 e. The third-order valence-corrected chi connectivity index (χ3v) is 3.80. The number of rotatable bonds is 4. The van der Waals surface area contributed by atoms with Crippen molar-refractivity contribution < 1.29 is 14.3 Å². The van der Waals surface area contributed by atoms with E-state index in [0.29, 0.717) is 0 Å². The Morgan fingerprint density at radius 2 is 2.05 bits per heavy atom. The fraction of sp³-hybridized carbons (Fsp3) is 0.353. The predicted octanol–water partition coefficient (Wildman–Crippen LogP) is 3.07. The van der Waals surface area contributed by atoms with Gasteiger partial charge in [-0.1, -0.05) is 25.1 Å². The van der Waals surface area contributed by atoms with Gasteiger partial charge in [0.05, 0.1) is 5.69 Å². The van der Waals surface area contributed by atoms with Crippen molar-refractivity contribution in [3.8, 4) is 0 Å². The molecule has 0 aliphatic heterocycles. The molecule has 1 unspecified atom stereocenters. The highest BCUT2D eigenvalue weighted by atomic mass is 16.5. The molecule has 1 aromatic carbocycles. The lowest BCUT2D eigenvalue weighted by molar-refractivity contribution is -0.142. The normalized spacial score (nSPS) is 12.0. The fourth-order valence-electron chi connectivity index (χ4n) is 2.40. The summed E-state index contributed by atoms with van der Waals surface area (Å²) in [6.45, 7) is 7.22. The van der Waals surface area contributed by atoms with Crippen molar-refractivity contribution in [3.05, 3.63) is 53.1 Å². The van der Waals surface area contributed by atoms with Crippen molar-refractivity contribution >= 4 is 11.9 Å². The zero-order chi connectivity index (χ0) is 16.3. The van der Waals surface area contributed by atoms with E-state index in [1.807, 2.05) is 32.0 Å². The molecule has 0 saturated carbocycles. The maximum atomic E-state index is 11.4. The number of carbonyl (C=O) groups is 2. The van der Waals surface area contributed by atoms with Crippen LogP contribution in [0.1, 0.15) is 53.9 Å². The molecule has 1 aromatic heterocycles. The van der Waals surface area contributed by atoms with Crippen LogP contribution in [0.5, 0.6) is 0 Å². The van der Waals surface area contributed by atoms with Crippen LogP contribution in [0.2, 0.25) is 0 Å². The molecule has 22 heavy (non-hydrogen) atoms. The molecule has 0 N–H and O–H groups in total. The van der Waals surface area contributed by atoms with Crippen molar-refractivity contribution in [2.45, 2.75) is 40.2 Å². The highest BCUT2D eigenvalue weighted by Gasteiger charge is 2.16. The third-order valence-electron chi connectivity index (χ3n) is 3.80. The summed E-state index contributed by atoms with van der Waals surface area (Å²) in [4.78, 5) is 26.6. The minimum Gasteiger partial charge on any atom is -0.461 e. The molecule has 0 saturated heterocycles. The maximum absolute atomic E-state index is 11.4. The molecule has 0 aliphatic rings. The van der Waals surface area contributed by atoms with Gasteiger partial charge in [-0.2, -0.15) is 0 Å². The van der Waals surface area contributed by atoms with Gasteiger partial charge in [-0.05, 0) is 23.6 Å². The Labute approximate surface area is 129 Å². The Hall–Kier alpha value is -2.43. The van der Waals surface area contributed by atoms with E-state index in [0.717, 1.165) is 22.4 Å². The Morgan fingerprint density at radius 3 is 2.64 bits per heavy atom. The average molecular weight is 300 g/mol. The Kier molecular flexibility index (Phi) is 4.75. The SMILES string of the molecule is CC(=O)OCc1cccc(C(C)c2cn(C(C)=O)cn2)c1C. The summed E-state index contributed by atoms with van der Waals surface area (Å²) in [7, 11) is 0. The number of benzene rings is 1. The summed E-state index contributed by atoms with van der Waals surface area (Å²) in [6, 6.07) is 5.92. The Balaban J connectivity index is 2.28. The van der Waals surface area contributed by atoms with Gasteiger partial charge in [-0.15, -0.1) is 0 Å². The van der Waals surface area contributed by atoms with Gasteiger partial charge in [-0.3, -0.25) is 14.2 Å². The van der Waals surface area contributed by atoms with Crippen LogP contribution in [0.4, 0.5) is 0 Å². The Bertz CT molecular complexity index is 704. The third kappa shape index (κ3) is 3.42. The van der Waals surface area contributed by atoms with Gasteiger partial charge in [0.1, 0.15) is 12.9 Å². The van der Waals surface area contributed by atoms with E-state index in [2.05, 4.69) is 4.98 Å². The van der Waals surface area contributed by atoms with E-state index in [4.69, 9.17) is 4.74 Å². The second kappa shape index (κ2) is 6.56. The van der Waals surface area contributed by atoms with Crippen molar-refractivity contribution in [1.82, 2.24) is 9.55 Å². The largest absolute Gasteiger partial charge is 0.461 e. The summed E-state index contributed by atoms with van der Waals surface area (Å²) < 4.78 is 6.56. The van der Waals surface area contributed by atoms with Crippen LogP contribution in [0, 0.1) is 6.92 Å². The summed E-state index contributed by atoms with van der Waals surface area (Å²) in [5.41, 5.74) is 4.00. The van der Waals surface area contributed by atoms with Gasteiger partial charge in [0.15, 0.2) is 0 Å². The van der Waals surface area contributed by atoms with Crippen LogP contribution in [0.15, 0.2) is 30.7 Å². The number of hydrogen-bond acceptors (Lipinski definition) is 4. The molecule has 5 heteroatoms. The molecule has 0 amide bonds. The van der Waals surface area contributed by atoms with Crippen molar-refractivity contribution in [1.29, 1.82) is 0 Å². The molecule has 5 nitrogen and oxygen atoms in total. The first-order chi connectivity index (χ1) is 10.4. The summed E-state index contributed by atoms with van der Waals surface area (Å²) in [5.74, 6) is -0.304. The molecule has 116 valence electrons. The molecular weight excluding hydrogens is 280 g/mol. The second-order valence-electron chi connectivity index (χ2n) is 5.36. The second-order valence-corrected chi connectivity index (χ2v) is 5.36. The number of carbonyl (C=O) groups excluding carboxylic acids is 2. The van der Waals surface area contributed by atoms with E-state index >= 15 is 0 Å². The molecule has 2 rings (SSSR count). The van der Waals surface area contributed by atoms with Crippen LogP contribution in [0.25, 0.3) is 0 Å². The van der Waals surface area contributed by atoms with E-state index in [1.54, 1.807) is 6.20 Å². The first-order valence-corrected chi connectivity index (χ1v) is 7.16. The van der Waals surface area contributed by atoms with Gasteiger partial charge in [0.2, 0.25) is 5.91 Å². The number of nitrogens with zero attached hydrogens (tertiary/aromatic N) is 2. The van der Waals surface area contributed by atoms with Crippen LogP contribution >= 0.6 is 0 Å². The lowest BCUT2D eigenvalue weighted by atomic mass is 9.91. The van der Waals surface area contributed by atoms with Gasteiger partial charge in [0, 0.05) is 26.0 Å². The summed E-state index contributed by atoms with van der Waals surface area (Å²) >= 11 is 0. The van der Waals surface area contributed by atoms with Crippen LogP contribution in [0.3, 0.4) is 0 Å². The van der Waals surface area contributed by atoms with E-state index in [9.17, 15) is 9.59 Å². The number of ether oxygens (including phenoxy) is 1. The zero-order valence-electron chi connectivity index (χ0n) is 13.3. The monoisotopic (exact) mass is 300 g/mol. The average Bonchev–Trinajstić information content (AvgIpc) is 2.95. The molecular formula is C17H20N2O3. The van der Waals surface area contributed by atoms with E-state index < -0.39 is 0 Å². The van der Waals surface area contributed by atoms with Gasteiger partial charge in [-0.25, -0.2) is 4.98 Å². The van der Waals surface area contributed by atoms with Crippen molar-refractivity contribution in [2.24, 2.45) is 0 Å². The number of esters is 1. The van der Waals surface area contributed by atoms with Gasteiger partial charge >= 0.3 is 5.97 Å². The Morgan fingerprint density at radius 1 is 1.32 bits per heavy atom. The molecule has 1 heterocycles. The quantitative estimate of drug-likeness (QED) is 0.814. The van der Waals surface area contributed by atoms with Gasteiger partial charge < -0.3 is 4.74 Å². The summed E-state index contributed by atoms with van der Waals surface area (Å²) in [6.07, 6.45) is 3.29. The predicted molar refractivity (Wildman–Crippen MR) is 82.7 cm³/mol. The number of imidazole rings is 1. The first kappa shape index (κ1) is 15.9. The minimum atomic E-state index is -0.293. The fourth-order valence-corrected chi connectivity index (χ4v) is 2.40. The standard InChI is InChI=1S/C17H20N2O3/c1-11-15(9-22-14(4)21)6-5-7-16(11)12(2)17-8-19(10-18-17)13(3)20/h5-8,10,12H,9H2,1-4H3. The van der Waals surface area contributed by atoms with Crippen molar-refractivity contribution in [2.75, 3.05) is 0 Å². The van der Waals surface area contributed by atoms with Crippen LogP contribution < -0.4 is 0 Å². The van der Waals surface area contributed by atoms with Crippen molar-refractivity contribution in [3.63, 3.8) is 0 Å². The topological polar surface area (TPSA) is 61.2 Å². The first-order valence-electron chi connectivity index (χ1n) is 7.16. The highest BCUT2D eigenvalue weighted by Crippen LogP contribution is 2.27. The molecule has 0 fully saturated rings. The molecule has 0 bridgehead atoms. The van der Waals surface area contributed by atoms with Crippen LogP contribution in [-0.4, -0.2) is 21.4 Å².